The molecule has 0 bridgehead atoms. The summed E-state index contributed by atoms with van der Waals surface area (Å²) in [6.45, 7) is 0.582. The van der Waals surface area contributed by atoms with Gasteiger partial charge in [0.05, 0.1) is 4.47 Å². The van der Waals surface area contributed by atoms with Crippen LogP contribution in [0.15, 0.2) is 45.3 Å². The van der Waals surface area contributed by atoms with Crippen LogP contribution in [0.5, 0.6) is 11.5 Å². The molecule has 0 aliphatic carbocycles. The molecule has 0 saturated carbocycles. The van der Waals surface area contributed by atoms with Crippen LogP contribution in [0.25, 0.3) is 0 Å². The molecule has 0 spiro atoms. The highest BCUT2D eigenvalue weighted by molar-refractivity contribution is 9.11. The van der Waals surface area contributed by atoms with E-state index in [1.54, 1.807) is 6.07 Å². The number of hydrogen-bond acceptors (Lipinski definition) is 2. The van der Waals surface area contributed by atoms with Crippen LogP contribution >= 0.6 is 43.5 Å². The molecule has 0 amide bonds. The molecule has 0 unspecified atom stereocenters. The first-order chi connectivity index (χ1) is 9.10. The highest BCUT2D eigenvalue weighted by Crippen LogP contribution is 2.33. The van der Waals surface area contributed by atoms with E-state index < -0.39 is 0 Å². The molecule has 0 aliphatic rings. The largest absolute Gasteiger partial charge is 0.456 e. The van der Waals surface area contributed by atoms with Gasteiger partial charge in [0, 0.05) is 9.50 Å². The Morgan fingerprint density at radius 3 is 2.53 bits per heavy atom. The highest BCUT2D eigenvalue weighted by atomic mass is 79.9. The number of halogens is 3. The lowest BCUT2D eigenvalue weighted by molar-refractivity contribution is 0.479. The zero-order valence-electron chi connectivity index (χ0n) is 10.00. The van der Waals surface area contributed by atoms with Crippen molar-refractivity contribution in [3.8, 4) is 11.5 Å². The van der Waals surface area contributed by atoms with Crippen molar-refractivity contribution in [3.63, 3.8) is 0 Å². The second-order valence-electron chi connectivity index (χ2n) is 3.97. The van der Waals surface area contributed by atoms with Crippen LogP contribution in [0.2, 0.25) is 5.02 Å². The first kappa shape index (κ1) is 14.9. The molecular formula is C14H12Br2ClNO. The Morgan fingerprint density at radius 2 is 1.89 bits per heavy atom. The molecule has 0 heterocycles. The quantitative estimate of drug-likeness (QED) is 0.763. The monoisotopic (exact) mass is 403 g/mol. The van der Waals surface area contributed by atoms with Gasteiger partial charge >= 0.3 is 0 Å². The van der Waals surface area contributed by atoms with Crippen LogP contribution in [0.1, 0.15) is 5.56 Å². The van der Waals surface area contributed by atoms with E-state index in [4.69, 9.17) is 22.1 Å². The van der Waals surface area contributed by atoms with E-state index >= 15 is 0 Å². The van der Waals surface area contributed by atoms with E-state index in [1.165, 1.54) is 0 Å². The van der Waals surface area contributed by atoms with Gasteiger partial charge in [-0.1, -0.05) is 33.6 Å². The molecule has 0 atom stereocenters. The maximum Gasteiger partial charge on any atom is 0.141 e. The summed E-state index contributed by atoms with van der Waals surface area (Å²) in [5.41, 5.74) is 6.56. The summed E-state index contributed by atoms with van der Waals surface area (Å²) in [6.07, 6.45) is 0.765. The standard InChI is InChI=1S/C14H12Br2ClNO/c15-10-2-4-14(12(16)7-10)19-11-3-1-9(5-6-18)13(17)8-11/h1-4,7-8H,5-6,18H2. The number of nitrogens with two attached hydrogens (primary N) is 1. The molecule has 19 heavy (non-hydrogen) atoms. The van der Waals surface area contributed by atoms with Gasteiger partial charge in [-0.05, 0) is 64.8 Å². The van der Waals surface area contributed by atoms with E-state index in [2.05, 4.69) is 31.9 Å². The van der Waals surface area contributed by atoms with E-state index in [1.807, 2.05) is 30.3 Å². The Morgan fingerprint density at radius 1 is 1.11 bits per heavy atom. The molecule has 0 saturated heterocycles. The predicted octanol–water partition coefficient (Wildman–Crippen LogP) is 5.16. The maximum atomic E-state index is 6.18. The number of hydrogen-bond donors (Lipinski definition) is 1. The minimum atomic E-state index is 0.582. The van der Waals surface area contributed by atoms with Gasteiger partial charge in [0.2, 0.25) is 0 Å². The first-order valence-corrected chi connectivity index (χ1v) is 7.68. The molecule has 0 radical (unpaired) electrons. The lowest BCUT2D eigenvalue weighted by atomic mass is 10.1. The Hall–Kier alpha value is -0.550. The summed E-state index contributed by atoms with van der Waals surface area (Å²) in [4.78, 5) is 0. The van der Waals surface area contributed by atoms with Gasteiger partial charge in [0.15, 0.2) is 0 Å². The van der Waals surface area contributed by atoms with Crippen LogP contribution < -0.4 is 10.5 Å². The Bertz CT molecular complexity index is 590. The summed E-state index contributed by atoms with van der Waals surface area (Å²) in [7, 11) is 0. The molecule has 2 rings (SSSR count). The number of benzene rings is 2. The van der Waals surface area contributed by atoms with Gasteiger partial charge in [-0.25, -0.2) is 0 Å². The van der Waals surface area contributed by atoms with Crippen LogP contribution in [0, 0.1) is 0 Å². The Balaban J connectivity index is 2.21. The zero-order valence-corrected chi connectivity index (χ0v) is 13.9. The summed E-state index contributed by atoms with van der Waals surface area (Å²) in [5.74, 6) is 1.44. The Labute approximate surface area is 134 Å². The van der Waals surface area contributed by atoms with Gasteiger partial charge in [0.1, 0.15) is 11.5 Å². The summed E-state index contributed by atoms with van der Waals surface area (Å²) >= 11 is 13.0. The normalized spacial score (nSPS) is 10.5. The average molecular weight is 406 g/mol. The van der Waals surface area contributed by atoms with E-state index in [-0.39, 0.29) is 0 Å². The van der Waals surface area contributed by atoms with Crippen molar-refractivity contribution in [3.05, 3.63) is 55.9 Å². The van der Waals surface area contributed by atoms with Gasteiger partial charge in [-0.2, -0.15) is 0 Å². The summed E-state index contributed by atoms with van der Waals surface area (Å²) < 4.78 is 7.66. The molecule has 0 aliphatic heterocycles. The van der Waals surface area contributed by atoms with Crippen molar-refractivity contribution >= 4 is 43.5 Å². The third-order valence-electron chi connectivity index (χ3n) is 2.56. The molecular weight excluding hydrogens is 393 g/mol. The second-order valence-corrected chi connectivity index (χ2v) is 6.15. The predicted molar refractivity (Wildman–Crippen MR) is 86.1 cm³/mol. The van der Waals surface area contributed by atoms with E-state index in [9.17, 15) is 0 Å². The van der Waals surface area contributed by atoms with Gasteiger partial charge in [0.25, 0.3) is 0 Å². The Kier molecular flexibility index (Phi) is 5.28. The van der Waals surface area contributed by atoms with Gasteiger partial charge < -0.3 is 10.5 Å². The molecule has 5 heteroatoms. The fourth-order valence-electron chi connectivity index (χ4n) is 1.63. The third-order valence-corrected chi connectivity index (χ3v) is 4.02. The fraction of sp³-hybridized carbons (Fsp3) is 0.143. The second kappa shape index (κ2) is 6.75. The van der Waals surface area contributed by atoms with Crippen molar-refractivity contribution < 1.29 is 4.74 Å². The SMILES string of the molecule is NCCc1ccc(Oc2ccc(Br)cc2Br)cc1Cl. The smallest absolute Gasteiger partial charge is 0.141 e. The van der Waals surface area contributed by atoms with Crippen LogP contribution in [-0.4, -0.2) is 6.54 Å². The van der Waals surface area contributed by atoms with Crippen LogP contribution in [0.3, 0.4) is 0 Å². The van der Waals surface area contributed by atoms with Crippen molar-refractivity contribution in [2.75, 3.05) is 6.54 Å². The number of rotatable bonds is 4. The topological polar surface area (TPSA) is 35.2 Å². The first-order valence-electron chi connectivity index (χ1n) is 5.71. The third kappa shape index (κ3) is 3.96. The molecule has 0 fully saturated rings. The van der Waals surface area contributed by atoms with Crippen LogP contribution in [0.4, 0.5) is 0 Å². The average Bonchev–Trinajstić information content (AvgIpc) is 2.36. The zero-order chi connectivity index (χ0) is 13.8. The minimum Gasteiger partial charge on any atom is -0.456 e. The van der Waals surface area contributed by atoms with Crippen molar-refractivity contribution in [1.29, 1.82) is 0 Å². The highest BCUT2D eigenvalue weighted by Gasteiger charge is 2.06. The van der Waals surface area contributed by atoms with E-state index in [0.29, 0.717) is 17.3 Å². The molecule has 100 valence electrons. The molecule has 2 nitrogen and oxygen atoms in total. The van der Waals surface area contributed by atoms with Crippen molar-refractivity contribution in [2.24, 2.45) is 5.73 Å². The molecule has 2 aromatic carbocycles. The minimum absolute atomic E-state index is 0.582. The number of ether oxygens (including phenoxy) is 1. The van der Waals surface area contributed by atoms with Gasteiger partial charge in [-0.15, -0.1) is 0 Å². The lowest BCUT2D eigenvalue weighted by Gasteiger charge is -2.10. The summed E-state index contributed by atoms with van der Waals surface area (Å²) in [5, 5.41) is 0.677. The maximum absolute atomic E-state index is 6.18. The van der Waals surface area contributed by atoms with E-state index in [0.717, 1.165) is 26.7 Å². The fourth-order valence-corrected chi connectivity index (χ4v) is 3.03. The molecule has 2 aromatic rings. The lowest BCUT2D eigenvalue weighted by Crippen LogP contribution is -2.03. The van der Waals surface area contributed by atoms with Crippen molar-refractivity contribution in [2.45, 2.75) is 6.42 Å². The molecule has 0 aromatic heterocycles. The van der Waals surface area contributed by atoms with Gasteiger partial charge in [-0.3, -0.25) is 0 Å². The van der Waals surface area contributed by atoms with Crippen LogP contribution in [-0.2, 0) is 6.42 Å². The van der Waals surface area contributed by atoms with Crippen molar-refractivity contribution in [1.82, 2.24) is 0 Å². The summed E-state index contributed by atoms with van der Waals surface area (Å²) in [6, 6.07) is 11.4. The molecule has 2 N–H and O–H groups in total.